The Morgan fingerprint density at radius 2 is 1.30 bits per heavy atom. The maximum Gasteiger partial charge on any atom is 0.0614 e. The summed E-state index contributed by atoms with van der Waals surface area (Å²) in [6.07, 6.45) is 39.6. The minimum Gasteiger partial charge on any atom is -0.393 e. The van der Waals surface area contributed by atoms with Crippen molar-refractivity contribution < 1.29 is 10.2 Å². The summed E-state index contributed by atoms with van der Waals surface area (Å²) in [5, 5.41) is 19.1. The van der Waals surface area contributed by atoms with Crippen molar-refractivity contribution in [2.24, 2.45) is 52.3 Å². The Balaban J connectivity index is 0.000000305. The second kappa shape index (κ2) is 23.6. The Hall–Kier alpha value is -1.90. The molecule has 0 radical (unpaired) electrons. The molecule has 0 bridgehead atoms. The van der Waals surface area contributed by atoms with Crippen LogP contribution in [0.4, 0.5) is 0 Å². The highest BCUT2D eigenvalue weighted by Gasteiger charge is 2.59. The molecule has 56 heavy (non-hydrogen) atoms. The molecule has 0 amide bonds. The number of aliphatic hydroxyl groups excluding tert-OH is 2. The van der Waals surface area contributed by atoms with E-state index in [4.69, 9.17) is 5.11 Å². The molecule has 0 aromatic heterocycles. The zero-order valence-corrected chi connectivity index (χ0v) is 38.9. The van der Waals surface area contributed by atoms with Crippen LogP contribution in [0.5, 0.6) is 0 Å². The number of aliphatic hydroxyl groups is 2. The minimum atomic E-state index is -0.0870. The van der Waals surface area contributed by atoms with Gasteiger partial charge in [0.15, 0.2) is 0 Å². The van der Waals surface area contributed by atoms with Gasteiger partial charge in [-0.05, 0) is 203 Å². The van der Waals surface area contributed by atoms with Crippen molar-refractivity contribution in [2.45, 2.75) is 198 Å². The summed E-state index contributed by atoms with van der Waals surface area (Å²) >= 11 is 0. The summed E-state index contributed by atoms with van der Waals surface area (Å²) in [7, 11) is 0. The second-order valence-corrected chi connectivity index (χ2v) is 20.3. The fourth-order valence-electron chi connectivity index (χ4n) is 11.6. The van der Waals surface area contributed by atoms with Crippen LogP contribution in [-0.2, 0) is 0 Å². The molecule has 0 heterocycles. The molecule has 0 aromatic carbocycles. The molecule has 0 aromatic rings. The van der Waals surface area contributed by atoms with Crippen LogP contribution in [0.3, 0.4) is 0 Å². The summed E-state index contributed by atoms with van der Waals surface area (Å²) in [6, 6.07) is 0. The minimum absolute atomic E-state index is 0.0870. The number of allylic oxidation sites excluding steroid dienone is 12. The van der Waals surface area contributed by atoms with Crippen molar-refractivity contribution in [2.75, 3.05) is 6.61 Å². The third kappa shape index (κ3) is 14.1. The first-order valence-corrected chi connectivity index (χ1v) is 23.5. The molecule has 2 N–H and O–H groups in total. The Morgan fingerprint density at radius 1 is 0.714 bits per heavy atom. The SMILES string of the molecule is CC(C)=CCC/C(C)=C/CC/C(C)=C/CC/C=C(/C)CC/C(C)=C\CO.CC[C@H](/C=C/[C@@H](C)[C@H]1CCC2C3CC=C4CC(O)CC[C@]4(C)C3CC[C@@]21C)C(C)C. The topological polar surface area (TPSA) is 40.5 Å². The average molecular weight is 771 g/mol. The smallest absolute Gasteiger partial charge is 0.0614 e. The molecule has 4 unspecified atom stereocenters. The average Bonchev–Trinajstić information content (AvgIpc) is 3.50. The van der Waals surface area contributed by atoms with Crippen LogP contribution >= 0.6 is 0 Å². The molecular weight excluding hydrogens is 681 g/mol. The van der Waals surface area contributed by atoms with Gasteiger partial charge in [-0.25, -0.2) is 0 Å². The van der Waals surface area contributed by atoms with E-state index in [2.05, 4.69) is 126 Å². The van der Waals surface area contributed by atoms with Crippen molar-refractivity contribution in [1.29, 1.82) is 0 Å². The lowest BCUT2D eigenvalue weighted by Crippen LogP contribution is -2.50. The van der Waals surface area contributed by atoms with Gasteiger partial charge in [-0.3, -0.25) is 0 Å². The van der Waals surface area contributed by atoms with Crippen LogP contribution in [0.2, 0.25) is 0 Å². The van der Waals surface area contributed by atoms with Crippen LogP contribution < -0.4 is 0 Å². The monoisotopic (exact) mass is 771 g/mol. The van der Waals surface area contributed by atoms with E-state index in [-0.39, 0.29) is 12.7 Å². The van der Waals surface area contributed by atoms with Gasteiger partial charge in [0, 0.05) is 0 Å². The predicted octanol–water partition coefficient (Wildman–Crippen LogP) is 15.7. The van der Waals surface area contributed by atoms with E-state index in [9.17, 15) is 5.11 Å². The number of hydrogen-bond donors (Lipinski definition) is 2. The number of hydrogen-bond acceptors (Lipinski definition) is 2. The fourth-order valence-corrected chi connectivity index (χ4v) is 11.6. The molecule has 2 heteroatoms. The first-order chi connectivity index (χ1) is 26.5. The van der Waals surface area contributed by atoms with E-state index < -0.39 is 0 Å². The van der Waals surface area contributed by atoms with Crippen molar-refractivity contribution >= 4 is 0 Å². The molecule has 4 rings (SSSR count). The van der Waals surface area contributed by atoms with Gasteiger partial charge in [0.1, 0.15) is 0 Å². The molecule has 0 spiro atoms. The van der Waals surface area contributed by atoms with E-state index in [1.165, 1.54) is 92.1 Å². The molecular formula is C54H90O2. The third-order valence-electron chi connectivity index (χ3n) is 15.4. The van der Waals surface area contributed by atoms with Gasteiger partial charge in [0.2, 0.25) is 0 Å². The van der Waals surface area contributed by atoms with Gasteiger partial charge < -0.3 is 10.2 Å². The van der Waals surface area contributed by atoms with Crippen molar-refractivity contribution in [3.05, 3.63) is 82.0 Å². The number of fused-ring (bicyclic) bond motifs is 5. The zero-order valence-electron chi connectivity index (χ0n) is 38.9. The number of unbranched alkanes of at least 4 members (excludes halogenated alkanes) is 1. The van der Waals surface area contributed by atoms with E-state index in [0.29, 0.717) is 16.7 Å². The highest BCUT2D eigenvalue weighted by atomic mass is 16.3. The van der Waals surface area contributed by atoms with E-state index >= 15 is 0 Å². The van der Waals surface area contributed by atoms with Gasteiger partial charge in [0.05, 0.1) is 12.7 Å². The predicted molar refractivity (Wildman–Crippen MR) is 247 cm³/mol. The van der Waals surface area contributed by atoms with Gasteiger partial charge in [-0.2, -0.15) is 0 Å². The van der Waals surface area contributed by atoms with Crippen LogP contribution in [0.15, 0.2) is 82.0 Å². The fraction of sp³-hybridized carbons (Fsp3) is 0.741. The molecule has 3 fully saturated rings. The zero-order chi connectivity index (χ0) is 41.5. The molecule has 3 saturated carbocycles. The second-order valence-electron chi connectivity index (χ2n) is 20.3. The summed E-state index contributed by atoms with van der Waals surface area (Å²) in [6.45, 7) is 28.1. The van der Waals surface area contributed by atoms with Gasteiger partial charge >= 0.3 is 0 Å². The Morgan fingerprint density at radius 3 is 1.89 bits per heavy atom. The van der Waals surface area contributed by atoms with E-state index in [0.717, 1.165) is 80.5 Å². The molecule has 0 aliphatic heterocycles. The summed E-state index contributed by atoms with van der Waals surface area (Å²) < 4.78 is 0. The largest absolute Gasteiger partial charge is 0.393 e. The first-order valence-electron chi connectivity index (χ1n) is 23.5. The maximum atomic E-state index is 10.2. The lowest BCUT2D eigenvalue weighted by Gasteiger charge is -2.58. The Labute approximate surface area is 348 Å². The molecule has 4 aliphatic rings. The lowest BCUT2D eigenvalue weighted by atomic mass is 9.47. The maximum absolute atomic E-state index is 10.2. The Bertz CT molecular complexity index is 1410. The Kier molecular flexibility index (Phi) is 20.5. The third-order valence-corrected chi connectivity index (χ3v) is 15.4. The van der Waals surface area contributed by atoms with Crippen LogP contribution in [0.25, 0.3) is 0 Å². The van der Waals surface area contributed by atoms with E-state index in [1.54, 1.807) is 5.57 Å². The van der Waals surface area contributed by atoms with Gasteiger partial charge in [-0.1, -0.05) is 124 Å². The van der Waals surface area contributed by atoms with Crippen LogP contribution in [0, 0.1) is 52.3 Å². The van der Waals surface area contributed by atoms with Gasteiger partial charge in [-0.15, -0.1) is 0 Å². The van der Waals surface area contributed by atoms with E-state index in [1.807, 2.05) is 6.08 Å². The van der Waals surface area contributed by atoms with Crippen molar-refractivity contribution in [3.8, 4) is 0 Å². The molecule has 9 atom stereocenters. The number of rotatable bonds is 18. The first kappa shape index (κ1) is 48.5. The summed E-state index contributed by atoms with van der Waals surface area (Å²) in [5.74, 6) is 5.70. The highest BCUT2D eigenvalue weighted by Crippen LogP contribution is 2.67. The highest BCUT2D eigenvalue weighted by molar-refractivity contribution is 5.25. The molecule has 318 valence electrons. The van der Waals surface area contributed by atoms with Crippen molar-refractivity contribution in [1.82, 2.24) is 0 Å². The standard InChI is InChI=1S/C29H48O.C25H42O/c1-7-21(19(2)3)9-8-20(4)25-12-13-26-24-11-10-22-18-23(30)14-16-28(22,5)27(24)15-17-29(25,26)6;1-21(2)11-9-14-23(4)16-10-15-22(3)12-7-8-13-24(5)17-18-25(6)19-20-26/h8-10,19-21,23-27,30H,7,11-18H2,1-6H3;11-13,16,19,26H,7-10,14-15,17-18,20H2,1-6H3/b9-8+;22-12+,23-16+,24-13-,25-19-/t20-,21-,23?,24?,25-,26?,27?,28+,29-;/m1./s1. The molecule has 2 nitrogen and oxygen atoms in total. The summed E-state index contributed by atoms with van der Waals surface area (Å²) in [5.41, 5.74) is 9.68. The van der Waals surface area contributed by atoms with Gasteiger partial charge in [0.25, 0.3) is 0 Å². The molecule has 0 saturated heterocycles. The van der Waals surface area contributed by atoms with Crippen LogP contribution in [-0.4, -0.2) is 22.9 Å². The molecule has 4 aliphatic carbocycles. The normalized spacial score (nSPS) is 30.9. The summed E-state index contributed by atoms with van der Waals surface area (Å²) in [4.78, 5) is 0. The van der Waals surface area contributed by atoms with Crippen molar-refractivity contribution in [3.63, 3.8) is 0 Å². The van der Waals surface area contributed by atoms with Crippen LogP contribution in [0.1, 0.15) is 192 Å². The quantitative estimate of drug-likeness (QED) is 0.108. The lowest BCUT2D eigenvalue weighted by molar-refractivity contribution is -0.0540.